The molecule has 12 heavy (non-hydrogen) atoms. The Morgan fingerprint density at radius 1 is 1.75 bits per heavy atom. The minimum absolute atomic E-state index is 0.222. The van der Waals surface area contributed by atoms with Gasteiger partial charge >= 0.3 is 5.97 Å². The highest BCUT2D eigenvalue weighted by Crippen LogP contribution is 2.13. The van der Waals surface area contributed by atoms with Crippen molar-refractivity contribution >= 4 is 5.97 Å². The number of carboxylic acid groups (broad SMARTS) is 1. The lowest BCUT2D eigenvalue weighted by atomic mass is 10.1. The molecule has 0 aliphatic carbocycles. The van der Waals surface area contributed by atoms with Crippen molar-refractivity contribution in [3.8, 4) is 0 Å². The smallest absolute Gasteiger partial charge is 0.336 e. The molecule has 0 spiro atoms. The van der Waals surface area contributed by atoms with Gasteiger partial charge in [0.05, 0.1) is 5.56 Å². The van der Waals surface area contributed by atoms with E-state index in [0.717, 1.165) is 0 Å². The molecule has 0 fully saturated rings. The van der Waals surface area contributed by atoms with Crippen LogP contribution in [0.1, 0.15) is 28.9 Å². The summed E-state index contributed by atoms with van der Waals surface area (Å²) < 4.78 is 0. The highest BCUT2D eigenvalue weighted by molar-refractivity contribution is 5.89. The van der Waals surface area contributed by atoms with Gasteiger partial charge in [0, 0.05) is 24.0 Å². The number of carboxylic acids is 1. The number of rotatable bonds is 2. The monoisotopic (exact) mass is 166 g/mol. The fourth-order valence-electron chi connectivity index (χ4n) is 0.964. The fourth-order valence-corrected chi connectivity index (χ4v) is 0.964. The van der Waals surface area contributed by atoms with Gasteiger partial charge in [0.1, 0.15) is 0 Å². The van der Waals surface area contributed by atoms with Crippen LogP contribution in [0.4, 0.5) is 0 Å². The van der Waals surface area contributed by atoms with Crippen LogP contribution in [0.5, 0.6) is 0 Å². The largest absolute Gasteiger partial charge is 0.478 e. The van der Waals surface area contributed by atoms with Crippen LogP contribution < -0.4 is 5.73 Å². The number of nitrogens with zero attached hydrogens (tertiary/aromatic N) is 1. The zero-order valence-electron chi connectivity index (χ0n) is 6.69. The lowest BCUT2D eigenvalue weighted by molar-refractivity contribution is 0.0695. The molecule has 0 saturated heterocycles. The standard InChI is InChI=1S/C8H10N2O2/c1-5(9)7-4-10-3-2-6(7)8(11)12/h2-5H,9H2,1H3,(H,11,12)/t5-/m0/s1. The second kappa shape index (κ2) is 3.32. The minimum atomic E-state index is -0.968. The molecule has 1 rings (SSSR count). The van der Waals surface area contributed by atoms with Gasteiger partial charge < -0.3 is 10.8 Å². The third-order valence-corrected chi connectivity index (χ3v) is 1.57. The van der Waals surface area contributed by atoms with E-state index in [1.54, 1.807) is 6.92 Å². The van der Waals surface area contributed by atoms with Gasteiger partial charge in [-0.2, -0.15) is 0 Å². The predicted octanol–water partition coefficient (Wildman–Crippen LogP) is 0.800. The first kappa shape index (κ1) is 8.67. The lowest BCUT2D eigenvalue weighted by Crippen LogP contribution is -2.11. The van der Waals surface area contributed by atoms with Crippen molar-refractivity contribution in [3.63, 3.8) is 0 Å². The molecule has 0 amide bonds. The number of nitrogens with two attached hydrogens (primary N) is 1. The van der Waals surface area contributed by atoms with Crippen molar-refractivity contribution in [2.24, 2.45) is 5.73 Å². The maximum absolute atomic E-state index is 10.6. The molecule has 0 unspecified atom stereocenters. The highest BCUT2D eigenvalue weighted by Gasteiger charge is 2.11. The lowest BCUT2D eigenvalue weighted by Gasteiger charge is -2.07. The molecule has 64 valence electrons. The fraction of sp³-hybridized carbons (Fsp3) is 0.250. The zero-order valence-corrected chi connectivity index (χ0v) is 6.69. The molecule has 0 aromatic carbocycles. The normalized spacial score (nSPS) is 12.5. The molecule has 0 radical (unpaired) electrons. The molecule has 1 atom stereocenters. The summed E-state index contributed by atoms with van der Waals surface area (Å²) >= 11 is 0. The van der Waals surface area contributed by atoms with Crippen LogP contribution in [0.25, 0.3) is 0 Å². The molecule has 0 bridgehead atoms. The number of aromatic nitrogens is 1. The van der Waals surface area contributed by atoms with Gasteiger partial charge in [-0.3, -0.25) is 4.98 Å². The molecule has 3 N–H and O–H groups in total. The number of pyridine rings is 1. The Labute approximate surface area is 70.0 Å². The second-order valence-electron chi connectivity index (χ2n) is 2.56. The Morgan fingerprint density at radius 2 is 2.42 bits per heavy atom. The van der Waals surface area contributed by atoms with Gasteiger partial charge in [0.15, 0.2) is 0 Å². The van der Waals surface area contributed by atoms with E-state index in [9.17, 15) is 4.79 Å². The van der Waals surface area contributed by atoms with E-state index in [0.29, 0.717) is 5.56 Å². The summed E-state index contributed by atoms with van der Waals surface area (Å²) in [6.07, 6.45) is 2.92. The van der Waals surface area contributed by atoms with Crippen LogP contribution in [-0.2, 0) is 0 Å². The van der Waals surface area contributed by atoms with E-state index in [1.165, 1.54) is 18.5 Å². The van der Waals surface area contributed by atoms with Crippen molar-refractivity contribution in [2.45, 2.75) is 13.0 Å². The van der Waals surface area contributed by atoms with Crippen LogP contribution >= 0.6 is 0 Å². The van der Waals surface area contributed by atoms with Crippen LogP contribution in [0.2, 0.25) is 0 Å². The molecular formula is C8H10N2O2. The molecule has 4 heteroatoms. The molecular weight excluding hydrogens is 156 g/mol. The van der Waals surface area contributed by atoms with Crippen molar-refractivity contribution in [3.05, 3.63) is 29.6 Å². The van der Waals surface area contributed by atoms with E-state index < -0.39 is 5.97 Å². The third kappa shape index (κ3) is 1.60. The van der Waals surface area contributed by atoms with Crippen LogP contribution in [0, 0.1) is 0 Å². The summed E-state index contributed by atoms with van der Waals surface area (Å²) in [5.41, 5.74) is 6.33. The Bertz CT molecular complexity index is 297. The highest BCUT2D eigenvalue weighted by atomic mass is 16.4. The average Bonchev–Trinajstić information content (AvgIpc) is 2.04. The van der Waals surface area contributed by atoms with Gasteiger partial charge in [-0.15, -0.1) is 0 Å². The maximum Gasteiger partial charge on any atom is 0.336 e. The molecule has 0 saturated carbocycles. The second-order valence-corrected chi connectivity index (χ2v) is 2.56. The molecule has 0 aliphatic heterocycles. The first-order chi connectivity index (χ1) is 5.63. The van der Waals surface area contributed by atoms with Crippen molar-refractivity contribution < 1.29 is 9.90 Å². The van der Waals surface area contributed by atoms with Crippen LogP contribution in [-0.4, -0.2) is 16.1 Å². The van der Waals surface area contributed by atoms with Crippen molar-refractivity contribution in [1.29, 1.82) is 0 Å². The zero-order chi connectivity index (χ0) is 9.14. The van der Waals surface area contributed by atoms with Crippen LogP contribution in [0.3, 0.4) is 0 Å². The van der Waals surface area contributed by atoms with Crippen molar-refractivity contribution in [2.75, 3.05) is 0 Å². The Kier molecular flexibility index (Phi) is 2.40. The van der Waals surface area contributed by atoms with Gasteiger partial charge in [0.2, 0.25) is 0 Å². The van der Waals surface area contributed by atoms with E-state index in [4.69, 9.17) is 10.8 Å². The Morgan fingerprint density at radius 3 is 2.83 bits per heavy atom. The summed E-state index contributed by atoms with van der Waals surface area (Å²) in [4.78, 5) is 14.4. The number of hydrogen-bond donors (Lipinski definition) is 2. The predicted molar refractivity (Wildman–Crippen MR) is 43.8 cm³/mol. The van der Waals surface area contributed by atoms with Gasteiger partial charge in [0.25, 0.3) is 0 Å². The Hall–Kier alpha value is -1.42. The van der Waals surface area contributed by atoms with Gasteiger partial charge in [-0.05, 0) is 13.0 Å². The molecule has 4 nitrogen and oxygen atoms in total. The quantitative estimate of drug-likeness (QED) is 0.681. The summed E-state index contributed by atoms with van der Waals surface area (Å²) in [5.74, 6) is -0.968. The van der Waals surface area contributed by atoms with E-state index in [1.807, 2.05) is 0 Å². The maximum atomic E-state index is 10.6. The first-order valence-electron chi connectivity index (χ1n) is 3.55. The van der Waals surface area contributed by atoms with Gasteiger partial charge in [-0.1, -0.05) is 0 Å². The minimum Gasteiger partial charge on any atom is -0.478 e. The summed E-state index contributed by atoms with van der Waals surface area (Å²) in [6, 6.07) is 1.14. The molecule has 1 heterocycles. The summed E-state index contributed by atoms with van der Waals surface area (Å²) in [6.45, 7) is 1.73. The van der Waals surface area contributed by atoms with E-state index in [2.05, 4.69) is 4.98 Å². The third-order valence-electron chi connectivity index (χ3n) is 1.57. The summed E-state index contributed by atoms with van der Waals surface area (Å²) in [5, 5.41) is 8.73. The topological polar surface area (TPSA) is 76.2 Å². The SMILES string of the molecule is C[C@H](N)c1cnccc1C(=O)O. The molecule has 1 aromatic heterocycles. The first-order valence-corrected chi connectivity index (χ1v) is 3.55. The number of carbonyl (C=O) groups is 1. The average molecular weight is 166 g/mol. The van der Waals surface area contributed by atoms with Crippen molar-refractivity contribution in [1.82, 2.24) is 4.98 Å². The van der Waals surface area contributed by atoms with E-state index >= 15 is 0 Å². The summed E-state index contributed by atoms with van der Waals surface area (Å²) in [7, 11) is 0. The number of aromatic carboxylic acids is 1. The Balaban J connectivity index is 3.17. The molecule has 1 aromatic rings. The van der Waals surface area contributed by atoms with Crippen LogP contribution in [0.15, 0.2) is 18.5 Å². The van der Waals surface area contributed by atoms with E-state index in [-0.39, 0.29) is 11.6 Å². The molecule has 0 aliphatic rings. The van der Waals surface area contributed by atoms with Gasteiger partial charge in [-0.25, -0.2) is 4.79 Å². The number of hydrogen-bond acceptors (Lipinski definition) is 3.